The zero-order chi connectivity index (χ0) is 10.6. The molecule has 1 aromatic carbocycles. The molecule has 0 saturated heterocycles. The van der Waals surface area contributed by atoms with E-state index in [0.29, 0.717) is 0 Å². The molecule has 1 N–H and O–H groups in total. The van der Waals surface area contributed by atoms with Gasteiger partial charge in [0, 0.05) is 0 Å². The molecule has 1 heteroatoms. The first-order valence-corrected chi connectivity index (χ1v) is 4.98. The Balaban J connectivity index is 2.46. The summed E-state index contributed by atoms with van der Waals surface area (Å²) in [7, 11) is 0. The van der Waals surface area contributed by atoms with Gasteiger partial charge in [0.15, 0.2) is 0 Å². The average molecular weight is 190 g/mol. The molecule has 0 aromatic heterocycles. The van der Waals surface area contributed by atoms with Crippen LogP contribution in [0.4, 0.5) is 0 Å². The molecule has 1 aromatic rings. The van der Waals surface area contributed by atoms with Gasteiger partial charge in [0.25, 0.3) is 0 Å². The fourth-order valence-corrected chi connectivity index (χ4v) is 1.30. The first kappa shape index (κ1) is 11.0. The van der Waals surface area contributed by atoms with Crippen molar-refractivity contribution in [2.24, 2.45) is 0 Å². The van der Waals surface area contributed by atoms with Crippen LogP contribution in [0.15, 0.2) is 36.4 Å². The third-order valence-corrected chi connectivity index (χ3v) is 2.40. The predicted octanol–water partition coefficient (Wildman–Crippen LogP) is 2.86. The van der Waals surface area contributed by atoms with Crippen molar-refractivity contribution in [3.63, 3.8) is 0 Å². The third-order valence-electron chi connectivity index (χ3n) is 2.40. The van der Waals surface area contributed by atoms with E-state index in [1.54, 1.807) is 0 Å². The molecule has 0 aliphatic heterocycles. The summed E-state index contributed by atoms with van der Waals surface area (Å²) in [5.74, 6) is 0. The molecule has 0 amide bonds. The van der Waals surface area contributed by atoms with Crippen molar-refractivity contribution in [1.82, 2.24) is 0 Å². The molecule has 0 fully saturated rings. The van der Waals surface area contributed by atoms with Crippen LogP contribution in [-0.2, 0) is 6.42 Å². The largest absolute Gasteiger partial charge is 0.389 e. The smallest absolute Gasteiger partial charge is 0.0748 e. The second kappa shape index (κ2) is 4.97. The maximum atomic E-state index is 9.54. The van der Waals surface area contributed by atoms with Crippen LogP contribution in [0.1, 0.15) is 24.5 Å². The van der Waals surface area contributed by atoms with Crippen LogP contribution in [0.2, 0.25) is 0 Å². The van der Waals surface area contributed by atoms with Crippen molar-refractivity contribution in [1.29, 1.82) is 0 Å². The summed E-state index contributed by atoms with van der Waals surface area (Å²) in [5.41, 5.74) is 3.39. The van der Waals surface area contributed by atoms with Crippen molar-refractivity contribution in [3.05, 3.63) is 47.5 Å². The average Bonchev–Trinajstić information content (AvgIpc) is 2.16. The lowest BCUT2D eigenvalue weighted by molar-refractivity contribution is 0.201. The molecule has 0 spiro atoms. The number of aliphatic hydroxyl groups is 1. The Morgan fingerprint density at radius 1 is 1.36 bits per heavy atom. The minimum atomic E-state index is -0.365. The van der Waals surface area contributed by atoms with E-state index in [9.17, 15) is 5.11 Å². The van der Waals surface area contributed by atoms with Gasteiger partial charge in [-0.3, -0.25) is 0 Å². The van der Waals surface area contributed by atoms with Crippen molar-refractivity contribution in [2.45, 2.75) is 32.8 Å². The maximum absolute atomic E-state index is 9.54. The van der Waals surface area contributed by atoms with E-state index in [0.717, 1.165) is 18.4 Å². The molecule has 76 valence electrons. The highest BCUT2D eigenvalue weighted by atomic mass is 16.3. The molecule has 1 atom stereocenters. The van der Waals surface area contributed by atoms with E-state index in [4.69, 9.17) is 0 Å². The second-order valence-electron chi connectivity index (χ2n) is 3.89. The Kier molecular flexibility index (Phi) is 3.90. The monoisotopic (exact) mass is 190 g/mol. The summed E-state index contributed by atoms with van der Waals surface area (Å²) in [5, 5.41) is 9.54. The van der Waals surface area contributed by atoms with Crippen molar-refractivity contribution >= 4 is 0 Å². The highest BCUT2D eigenvalue weighted by Crippen LogP contribution is 2.10. The van der Waals surface area contributed by atoms with Crippen molar-refractivity contribution in [3.8, 4) is 0 Å². The van der Waals surface area contributed by atoms with Crippen LogP contribution >= 0.6 is 0 Å². The van der Waals surface area contributed by atoms with Gasteiger partial charge < -0.3 is 5.11 Å². The first-order valence-electron chi connectivity index (χ1n) is 4.98. The van der Waals surface area contributed by atoms with E-state index in [-0.39, 0.29) is 6.10 Å². The fourth-order valence-electron chi connectivity index (χ4n) is 1.30. The lowest BCUT2D eigenvalue weighted by Gasteiger charge is -2.09. The zero-order valence-corrected chi connectivity index (χ0v) is 8.96. The van der Waals surface area contributed by atoms with Gasteiger partial charge in [0.1, 0.15) is 0 Å². The molecule has 14 heavy (non-hydrogen) atoms. The summed E-state index contributed by atoms with van der Waals surface area (Å²) >= 11 is 0. The molecule has 0 saturated carbocycles. The van der Waals surface area contributed by atoms with Gasteiger partial charge in [0.2, 0.25) is 0 Å². The van der Waals surface area contributed by atoms with Crippen molar-refractivity contribution in [2.75, 3.05) is 0 Å². The maximum Gasteiger partial charge on any atom is 0.0748 e. The Morgan fingerprint density at radius 3 is 2.43 bits per heavy atom. The molecule has 1 rings (SSSR count). The van der Waals surface area contributed by atoms with Gasteiger partial charge in [-0.15, -0.1) is 0 Å². The summed E-state index contributed by atoms with van der Waals surface area (Å²) in [4.78, 5) is 0. The van der Waals surface area contributed by atoms with Crippen molar-refractivity contribution < 1.29 is 5.11 Å². The number of aryl methyl sites for hydroxylation is 2. The van der Waals surface area contributed by atoms with Crippen LogP contribution in [-0.4, -0.2) is 11.2 Å². The Hall–Kier alpha value is -1.08. The first-order chi connectivity index (χ1) is 6.59. The Labute approximate surface area is 86.1 Å². The SMILES string of the molecule is C=C(C)C(O)CCc1ccc(C)cc1. The Morgan fingerprint density at radius 2 is 1.93 bits per heavy atom. The van der Waals surface area contributed by atoms with Gasteiger partial charge in [-0.1, -0.05) is 42.0 Å². The van der Waals surface area contributed by atoms with Crippen LogP contribution < -0.4 is 0 Å². The molecule has 1 nitrogen and oxygen atoms in total. The molecular formula is C13H18O. The predicted molar refractivity (Wildman–Crippen MR) is 60.3 cm³/mol. The van der Waals surface area contributed by atoms with E-state index >= 15 is 0 Å². The third kappa shape index (κ3) is 3.35. The summed E-state index contributed by atoms with van der Waals surface area (Å²) in [6.07, 6.45) is 1.31. The van der Waals surface area contributed by atoms with Crippen LogP contribution in [0.25, 0.3) is 0 Å². The van der Waals surface area contributed by atoms with E-state index in [1.165, 1.54) is 11.1 Å². The van der Waals surface area contributed by atoms with Crippen LogP contribution in [0.3, 0.4) is 0 Å². The molecule has 0 bridgehead atoms. The molecule has 1 unspecified atom stereocenters. The summed E-state index contributed by atoms with van der Waals surface area (Å²) in [6.45, 7) is 7.67. The van der Waals surface area contributed by atoms with E-state index in [2.05, 4.69) is 37.8 Å². The lowest BCUT2D eigenvalue weighted by atomic mass is 10.0. The number of hydrogen-bond donors (Lipinski definition) is 1. The van der Waals surface area contributed by atoms with Crippen LogP contribution in [0, 0.1) is 6.92 Å². The number of aliphatic hydroxyl groups excluding tert-OH is 1. The molecule has 0 heterocycles. The quantitative estimate of drug-likeness (QED) is 0.724. The van der Waals surface area contributed by atoms with Gasteiger partial charge >= 0.3 is 0 Å². The number of rotatable bonds is 4. The topological polar surface area (TPSA) is 20.2 Å². The standard InChI is InChI=1S/C13H18O/c1-10(2)13(14)9-8-12-6-4-11(3)5-7-12/h4-7,13-14H,1,8-9H2,2-3H3. The minimum absolute atomic E-state index is 0.365. The lowest BCUT2D eigenvalue weighted by Crippen LogP contribution is -2.08. The molecule has 0 aliphatic rings. The normalized spacial score (nSPS) is 12.5. The van der Waals surface area contributed by atoms with Gasteiger partial charge in [-0.2, -0.15) is 0 Å². The van der Waals surface area contributed by atoms with Crippen LogP contribution in [0.5, 0.6) is 0 Å². The summed E-state index contributed by atoms with van der Waals surface area (Å²) in [6, 6.07) is 8.42. The van der Waals surface area contributed by atoms with E-state index < -0.39 is 0 Å². The fraction of sp³-hybridized carbons (Fsp3) is 0.385. The Bertz CT molecular complexity index is 298. The zero-order valence-electron chi connectivity index (χ0n) is 8.96. The number of benzene rings is 1. The second-order valence-corrected chi connectivity index (χ2v) is 3.89. The minimum Gasteiger partial charge on any atom is -0.389 e. The molecule has 0 radical (unpaired) electrons. The number of hydrogen-bond acceptors (Lipinski definition) is 1. The van der Waals surface area contributed by atoms with Gasteiger partial charge in [-0.25, -0.2) is 0 Å². The van der Waals surface area contributed by atoms with Gasteiger partial charge in [-0.05, 0) is 32.3 Å². The highest BCUT2D eigenvalue weighted by molar-refractivity contribution is 5.21. The highest BCUT2D eigenvalue weighted by Gasteiger charge is 2.04. The molecule has 0 aliphatic carbocycles. The van der Waals surface area contributed by atoms with E-state index in [1.807, 2.05) is 6.92 Å². The molecular weight excluding hydrogens is 172 g/mol. The summed E-state index contributed by atoms with van der Waals surface area (Å²) < 4.78 is 0. The van der Waals surface area contributed by atoms with Gasteiger partial charge in [0.05, 0.1) is 6.10 Å².